The maximum Gasteiger partial charge on any atom is 0.247 e. The maximum absolute atomic E-state index is 11.6. The highest BCUT2D eigenvalue weighted by molar-refractivity contribution is 5.98. The zero-order chi connectivity index (χ0) is 22.3. The van der Waals surface area contributed by atoms with E-state index in [0.29, 0.717) is 30.7 Å². The summed E-state index contributed by atoms with van der Waals surface area (Å²) in [5.74, 6) is 0.621. The van der Waals surface area contributed by atoms with Crippen molar-refractivity contribution in [2.45, 2.75) is 13.0 Å². The van der Waals surface area contributed by atoms with Crippen LogP contribution < -0.4 is 15.4 Å². The number of aryl methyl sites for hydroxylation is 1. The number of ether oxygens (including phenoxy) is 2. The number of nitrogens with zero attached hydrogens (tertiary/aromatic N) is 4. The molecule has 3 heterocycles. The summed E-state index contributed by atoms with van der Waals surface area (Å²) in [6.07, 6.45) is 9.31. The molecule has 2 N–H and O–H groups in total. The standard InChI is InChI=1S/C23H24N6O3/c1-3-21(30)26-18-6-4-5-16(11-18)15-32-22-20(17-7-9-31-10-8-17)13-24-23(28-22)27-19-12-25-29(2)14-19/h3-7,11-14H,1,8-10,15H2,2H3,(H,26,30)(H,24,27,28). The Kier molecular flexibility index (Phi) is 6.57. The van der Waals surface area contributed by atoms with Crippen molar-refractivity contribution in [2.75, 3.05) is 23.8 Å². The van der Waals surface area contributed by atoms with Crippen LogP contribution in [0.3, 0.4) is 0 Å². The van der Waals surface area contributed by atoms with E-state index in [1.165, 1.54) is 6.08 Å². The zero-order valence-corrected chi connectivity index (χ0v) is 17.7. The summed E-state index contributed by atoms with van der Waals surface area (Å²) in [7, 11) is 1.84. The van der Waals surface area contributed by atoms with Crippen LogP contribution in [0, 0.1) is 0 Å². The molecule has 0 radical (unpaired) electrons. The van der Waals surface area contributed by atoms with Crippen molar-refractivity contribution in [2.24, 2.45) is 7.05 Å². The van der Waals surface area contributed by atoms with Gasteiger partial charge in [-0.15, -0.1) is 0 Å². The van der Waals surface area contributed by atoms with Gasteiger partial charge in [0.25, 0.3) is 0 Å². The van der Waals surface area contributed by atoms with E-state index in [0.717, 1.165) is 28.8 Å². The molecule has 164 valence electrons. The summed E-state index contributed by atoms with van der Waals surface area (Å²) >= 11 is 0. The first-order valence-electron chi connectivity index (χ1n) is 10.2. The van der Waals surface area contributed by atoms with E-state index in [4.69, 9.17) is 9.47 Å². The fourth-order valence-electron chi connectivity index (χ4n) is 3.23. The van der Waals surface area contributed by atoms with Gasteiger partial charge in [-0.2, -0.15) is 10.1 Å². The van der Waals surface area contributed by atoms with Crippen molar-refractivity contribution >= 4 is 28.8 Å². The van der Waals surface area contributed by atoms with E-state index in [2.05, 4.69) is 32.3 Å². The van der Waals surface area contributed by atoms with Crippen LogP contribution in [0.2, 0.25) is 0 Å². The van der Waals surface area contributed by atoms with Crippen LogP contribution >= 0.6 is 0 Å². The highest BCUT2D eigenvalue weighted by atomic mass is 16.5. The summed E-state index contributed by atoms with van der Waals surface area (Å²) < 4.78 is 13.2. The molecule has 0 saturated carbocycles. The number of carbonyl (C=O) groups is 1. The number of nitrogens with one attached hydrogen (secondary N) is 2. The molecule has 0 spiro atoms. The molecule has 0 saturated heterocycles. The Morgan fingerprint density at radius 2 is 2.25 bits per heavy atom. The largest absolute Gasteiger partial charge is 0.472 e. The van der Waals surface area contributed by atoms with Gasteiger partial charge < -0.3 is 20.1 Å². The molecule has 0 atom stereocenters. The molecule has 1 amide bonds. The van der Waals surface area contributed by atoms with Gasteiger partial charge in [-0.3, -0.25) is 9.48 Å². The zero-order valence-electron chi connectivity index (χ0n) is 17.7. The van der Waals surface area contributed by atoms with Gasteiger partial charge >= 0.3 is 0 Å². The Balaban J connectivity index is 1.56. The average molecular weight is 432 g/mol. The molecule has 1 aromatic carbocycles. The normalized spacial score (nSPS) is 13.2. The molecule has 9 heteroatoms. The quantitative estimate of drug-likeness (QED) is 0.526. The predicted molar refractivity (Wildman–Crippen MR) is 122 cm³/mol. The van der Waals surface area contributed by atoms with Crippen LogP contribution in [0.4, 0.5) is 17.3 Å². The molecule has 3 aromatic rings. The van der Waals surface area contributed by atoms with E-state index < -0.39 is 0 Å². The third-order valence-electron chi connectivity index (χ3n) is 4.78. The topological polar surface area (TPSA) is 103 Å². The number of anilines is 3. The van der Waals surface area contributed by atoms with Gasteiger partial charge in [-0.25, -0.2) is 4.98 Å². The van der Waals surface area contributed by atoms with Gasteiger partial charge in [0.1, 0.15) is 6.61 Å². The molecule has 4 rings (SSSR count). The van der Waals surface area contributed by atoms with Gasteiger partial charge in [-0.1, -0.05) is 24.8 Å². The van der Waals surface area contributed by atoms with Crippen molar-refractivity contribution in [1.82, 2.24) is 19.7 Å². The Labute approximate surface area is 185 Å². The summed E-state index contributed by atoms with van der Waals surface area (Å²) in [5, 5.41) is 10.0. The molecule has 0 unspecified atom stereocenters. The summed E-state index contributed by atoms with van der Waals surface area (Å²) in [5.41, 5.74) is 4.26. The number of amides is 1. The molecular formula is C23H24N6O3. The number of rotatable bonds is 8. The molecule has 9 nitrogen and oxygen atoms in total. The third-order valence-corrected chi connectivity index (χ3v) is 4.78. The number of hydrogen-bond acceptors (Lipinski definition) is 7. The Bertz CT molecular complexity index is 1150. The van der Waals surface area contributed by atoms with E-state index >= 15 is 0 Å². The molecule has 0 fully saturated rings. The van der Waals surface area contributed by atoms with Gasteiger partial charge in [0.15, 0.2) is 0 Å². The van der Waals surface area contributed by atoms with E-state index in [-0.39, 0.29) is 12.5 Å². The smallest absolute Gasteiger partial charge is 0.247 e. The third kappa shape index (κ3) is 5.38. The van der Waals surface area contributed by atoms with Crippen LogP contribution in [0.15, 0.2) is 61.6 Å². The first-order chi connectivity index (χ1) is 15.6. The summed E-state index contributed by atoms with van der Waals surface area (Å²) in [6.45, 7) is 4.94. The Morgan fingerprint density at radius 1 is 1.34 bits per heavy atom. The molecular weight excluding hydrogens is 408 g/mol. The van der Waals surface area contributed by atoms with Crippen LogP contribution in [0.5, 0.6) is 5.88 Å². The molecule has 1 aliphatic rings. The maximum atomic E-state index is 11.6. The predicted octanol–water partition coefficient (Wildman–Crippen LogP) is 3.46. The van der Waals surface area contributed by atoms with Gasteiger partial charge in [0.2, 0.25) is 17.7 Å². The van der Waals surface area contributed by atoms with Crippen LogP contribution in [0.1, 0.15) is 17.5 Å². The fraction of sp³-hybridized carbons (Fsp3) is 0.217. The van der Waals surface area contributed by atoms with Crippen molar-refractivity contribution in [3.05, 3.63) is 72.7 Å². The van der Waals surface area contributed by atoms with Gasteiger partial charge in [0.05, 0.1) is 30.7 Å². The monoisotopic (exact) mass is 432 g/mol. The molecule has 32 heavy (non-hydrogen) atoms. The lowest BCUT2D eigenvalue weighted by atomic mass is 10.0. The first-order valence-corrected chi connectivity index (χ1v) is 10.2. The second kappa shape index (κ2) is 9.88. The highest BCUT2D eigenvalue weighted by Crippen LogP contribution is 2.30. The van der Waals surface area contributed by atoms with Crippen molar-refractivity contribution < 1.29 is 14.3 Å². The number of aromatic nitrogens is 4. The molecule has 0 aliphatic carbocycles. The van der Waals surface area contributed by atoms with Crippen molar-refractivity contribution in [3.8, 4) is 5.88 Å². The lowest BCUT2D eigenvalue weighted by Crippen LogP contribution is -2.09. The van der Waals surface area contributed by atoms with E-state index in [1.807, 2.05) is 43.6 Å². The Hall–Kier alpha value is -3.98. The van der Waals surface area contributed by atoms with Crippen molar-refractivity contribution in [1.29, 1.82) is 0 Å². The minimum atomic E-state index is -0.265. The fourth-order valence-corrected chi connectivity index (χ4v) is 3.23. The number of benzene rings is 1. The minimum absolute atomic E-state index is 0.265. The highest BCUT2D eigenvalue weighted by Gasteiger charge is 2.16. The first kappa shape index (κ1) is 21.3. The SMILES string of the molecule is C=CC(=O)Nc1cccc(COc2nc(Nc3cnn(C)c3)ncc2C2=CCOCC2)c1. The molecule has 2 aromatic heterocycles. The number of carbonyl (C=O) groups excluding carboxylic acids is 1. The second-order valence-corrected chi connectivity index (χ2v) is 7.18. The molecule has 0 bridgehead atoms. The van der Waals surface area contributed by atoms with Crippen LogP contribution in [0.25, 0.3) is 5.57 Å². The molecule has 1 aliphatic heterocycles. The summed E-state index contributed by atoms with van der Waals surface area (Å²) in [4.78, 5) is 20.6. The second-order valence-electron chi connectivity index (χ2n) is 7.18. The lowest BCUT2D eigenvalue weighted by Gasteiger charge is -2.17. The van der Waals surface area contributed by atoms with E-state index in [9.17, 15) is 4.79 Å². The van der Waals surface area contributed by atoms with Gasteiger partial charge in [0, 0.05) is 25.1 Å². The summed E-state index contributed by atoms with van der Waals surface area (Å²) in [6, 6.07) is 7.44. The minimum Gasteiger partial charge on any atom is -0.472 e. The average Bonchev–Trinajstić information content (AvgIpc) is 3.23. The van der Waals surface area contributed by atoms with Crippen molar-refractivity contribution in [3.63, 3.8) is 0 Å². The van der Waals surface area contributed by atoms with Crippen LogP contribution in [-0.4, -0.2) is 38.9 Å². The van der Waals surface area contributed by atoms with Crippen LogP contribution in [-0.2, 0) is 23.2 Å². The van der Waals surface area contributed by atoms with Gasteiger partial charge in [-0.05, 0) is 35.8 Å². The Morgan fingerprint density at radius 3 is 3.00 bits per heavy atom. The number of hydrogen-bond donors (Lipinski definition) is 2. The van der Waals surface area contributed by atoms with E-state index in [1.54, 1.807) is 17.1 Å². The lowest BCUT2D eigenvalue weighted by molar-refractivity contribution is -0.111.